The van der Waals surface area contributed by atoms with E-state index >= 15 is 0 Å². The van der Waals surface area contributed by atoms with Gasteiger partial charge in [0.15, 0.2) is 0 Å². The minimum Gasteiger partial charge on any atom is -0.394 e. The lowest BCUT2D eigenvalue weighted by atomic mass is 10.1. The van der Waals surface area contributed by atoms with Crippen molar-refractivity contribution in [3.63, 3.8) is 0 Å². The van der Waals surface area contributed by atoms with Gasteiger partial charge in [0, 0.05) is 6.42 Å². The van der Waals surface area contributed by atoms with Crippen molar-refractivity contribution in [2.24, 2.45) is 0 Å². The summed E-state index contributed by atoms with van der Waals surface area (Å²) in [5.74, 6) is -0.0789. The van der Waals surface area contributed by atoms with Crippen molar-refractivity contribution in [1.29, 1.82) is 0 Å². The van der Waals surface area contributed by atoms with E-state index in [1.54, 1.807) is 6.08 Å². The Morgan fingerprint density at radius 1 is 0.500 bits per heavy atom. The van der Waals surface area contributed by atoms with Gasteiger partial charge < -0.3 is 15.5 Å². The van der Waals surface area contributed by atoms with Crippen LogP contribution in [-0.2, 0) is 4.79 Å². The van der Waals surface area contributed by atoms with E-state index in [1.807, 2.05) is 6.08 Å². The molecule has 0 saturated heterocycles. The molecule has 50 heavy (non-hydrogen) atoms. The van der Waals surface area contributed by atoms with Crippen molar-refractivity contribution in [3.05, 3.63) is 85.1 Å². The molecule has 0 aliphatic carbocycles. The third-order valence-electron chi connectivity index (χ3n) is 8.88. The average molecular weight is 694 g/mol. The van der Waals surface area contributed by atoms with E-state index in [2.05, 4.69) is 92.1 Å². The number of hydrogen-bond acceptors (Lipinski definition) is 3. The number of nitrogens with one attached hydrogen (secondary N) is 1. The number of aliphatic hydroxyl groups excluding tert-OH is 2. The van der Waals surface area contributed by atoms with Crippen molar-refractivity contribution in [3.8, 4) is 0 Å². The Hall–Kier alpha value is -2.43. The van der Waals surface area contributed by atoms with Crippen molar-refractivity contribution in [2.75, 3.05) is 6.61 Å². The molecular weight excluding hydrogens is 615 g/mol. The van der Waals surface area contributed by atoms with Gasteiger partial charge in [0.25, 0.3) is 0 Å². The van der Waals surface area contributed by atoms with Gasteiger partial charge in [-0.1, -0.05) is 189 Å². The smallest absolute Gasteiger partial charge is 0.220 e. The minimum absolute atomic E-state index is 0.0789. The first-order valence-corrected chi connectivity index (χ1v) is 20.8. The van der Waals surface area contributed by atoms with E-state index in [4.69, 9.17) is 0 Å². The van der Waals surface area contributed by atoms with Gasteiger partial charge in [-0.25, -0.2) is 0 Å². The summed E-state index contributed by atoms with van der Waals surface area (Å²) < 4.78 is 0. The molecule has 0 spiro atoms. The predicted molar refractivity (Wildman–Crippen MR) is 220 cm³/mol. The Morgan fingerprint density at radius 3 is 1.32 bits per heavy atom. The van der Waals surface area contributed by atoms with Crippen molar-refractivity contribution in [2.45, 2.75) is 193 Å². The lowest BCUT2D eigenvalue weighted by Gasteiger charge is -2.20. The van der Waals surface area contributed by atoms with Gasteiger partial charge >= 0.3 is 0 Å². The van der Waals surface area contributed by atoms with Gasteiger partial charge in [0.05, 0.1) is 18.8 Å². The van der Waals surface area contributed by atoms with Gasteiger partial charge in [-0.05, 0) is 70.6 Å². The highest BCUT2D eigenvalue weighted by molar-refractivity contribution is 5.76. The number of carbonyl (C=O) groups excluding carboxylic acids is 1. The summed E-state index contributed by atoms with van der Waals surface area (Å²) in [5.41, 5.74) is 0. The SMILES string of the molecule is CC/C=C\C/C=C\C/C=C\C/C=C\C/C=C\C/C=C\CCCCCCCCCCC(=O)NC(CO)C(O)/C=C/CCCCCCCCCCC. The topological polar surface area (TPSA) is 69.6 Å². The molecule has 0 bridgehead atoms. The molecule has 0 aromatic heterocycles. The summed E-state index contributed by atoms with van der Waals surface area (Å²) in [6.45, 7) is 4.16. The highest BCUT2D eigenvalue weighted by atomic mass is 16.3. The van der Waals surface area contributed by atoms with Crippen LogP contribution in [0.25, 0.3) is 0 Å². The summed E-state index contributed by atoms with van der Waals surface area (Å²) >= 11 is 0. The normalized spacial score (nSPS) is 13.9. The molecular formula is C46H79NO3. The van der Waals surface area contributed by atoms with Crippen LogP contribution in [0.15, 0.2) is 85.1 Å². The molecule has 3 N–H and O–H groups in total. The molecule has 4 nitrogen and oxygen atoms in total. The maximum absolute atomic E-state index is 12.3. The molecule has 0 aliphatic rings. The fourth-order valence-corrected chi connectivity index (χ4v) is 5.71. The third kappa shape index (κ3) is 36.8. The Labute approximate surface area is 310 Å². The summed E-state index contributed by atoms with van der Waals surface area (Å²) in [5, 5.41) is 22.9. The van der Waals surface area contributed by atoms with Gasteiger partial charge in [0.2, 0.25) is 5.91 Å². The van der Waals surface area contributed by atoms with E-state index < -0.39 is 12.1 Å². The summed E-state index contributed by atoms with van der Waals surface area (Å²) in [6.07, 6.45) is 59.6. The molecule has 0 aromatic rings. The van der Waals surface area contributed by atoms with E-state index in [9.17, 15) is 15.0 Å². The first-order valence-electron chi connectivity index (χ1n) is 20.8. The van der Waals surface area contributed by atoms with Crippen LogP contribution < -0.4 is 5.32 Å². The number of rotatable bonds is 36. The average Bonchev–Trinajstić information content (AvgIpc) is 3.12. The van der Waals surface area contributed by atoms with Gasteiger partial charge in [0.1, 0.15) is 0 Å². The molecule has 1 amide bonds. The second-order valence-electron chi connectivity index (χ2n) is 13.7. The van der Waals surface area contributed by atoms with Gasteiger partial charge in [-0.3, -0.25) is 4.79 Å². The highest BCUT2D eigenvalue weighted by Gasteiger charge is 2.17. The van der Waals surface area contributed by atoms with Crippen LogP contribution in [0.2, 0.25) is 0 Å². The molecule has 0 aromatic carbocycles. The quantitative estimate of drug-likeness (QED) is 0.0452. The standard InChI is InChI=1S/C46H79NO3/c1-3-5-7-9-11-13-15-16-17-18-19-20-21-22-23-24-25-26-27-28-29-30-32-34-36-38-40-42-46(50)47-44(43-48)45(49)41-39-37-35-33-31-14-12-10-8-6-4-2/h5,7,11,13,16-17,19-20,22-23,25-26,39,41,44-45,48-49H,3-4,6,8-10,12,14-15,18,21,24,27-38,40,42-43H2,1-2H3,(H,47,50)/b7-5-,13-11-,17-16-,20-19-,23-22-,26-25-,41-39+. The van der Waals surface area contributed by atoms with E-state index in [0.29, 0.717) is 6.42 Å². The van der Waals surface area contributed by atoms with E-state index in [0.717, 1.165) is 70.6 Å². The van der Waals surface area contributed by atoms with Crippen LogP contribution in [-0.4, -0.2) is 34.9 Å². The number of aliphatic hydroxyl groups is 2. The van der Waals surface area contributed by atoms with Crippen molar-refractivity contribution >= 4 is 5.91 Å². The molecule has 0 fully saturated rings. The maximum Gasteiger partial charge on any atom is 0.220 e. The molecule has 2 atom stereocenters. The lowest BCUT2D eigenvalue weighted by Crippen LogP contribution is -2.45. The first-order chi connectivity index (χ1) is 24.7. The summed E-state index contributed by atoms with van der Waals surface area (Å²) in [7, 11) is 0. The van der Waals surface area contributed by atoms with Crippen LogP contribution in [0.5, 0.6) is 0 Å². The Bertz CT molecular complexity index is 926. The number of amides is 1. The fraction of sp³-hybridized carbons (Fsp3) is 0.674. The van der Waals surface area contributed by atoms with Crippen LogP contribution in [0.1, 0.15) is 181 Å². The van der Waals surface area contributed by atoms with Crippen molar-refractivity contribution in [1.82, 2.24) is 5.32 Å². The second kappa shape index (κ2) is 41.0. The molecule has 0 heterocycles. The molecule has 286 valence electrons. The zero-order valence-corrected chi connectivity index (χ0v) is 32.6. The highest BCUT2D eigenvalue weighted by Crippen LogP contribution is 2.13. The Kier molecular flexibility index (Phi) is 39.0. The maximum atomic E-state index is 12.3. The monoisotopic (exact) mass is 694 g/mol. The molecule has 4 heteroatoms. The zero-order valence-electron chi connectivity index (χ0n) is 32.6. The lowest BCUT2D eigenvalue weighted by molar-refractivity contribution is -0.123. The predicted octanol–water partition coefficient (Wildman–Crippen LogP) is 12.9. The van der Waals surface area contributed by atoms with Crippen LogP contribution in [0, 0.1) is 0 Å². The number of unbranched alkanes of at least 4 members (excludes halogenated alkanes) is 17. The molecule has 0 saturated carbocycles. The summed E-state index contributed by atoms with van der Waals surface area (Å²) in [4.78, 5) is 12.3. The third-order valence-corrected chi connectivity index (χ3v) is 8.88. The first kappa shape index (κ1) is 47.6. The molecule has 0 radical (unpaired) electrons. The second-order valence-corrected chi connectivity index (χ2v) is 13.7. The number of carbonyl (C=O) groups is 1. The Balaban J connectivity index is 3.64. The zero-order chi connectivity index (χ0) is 36.4. The number of hydrogen-bond donors (Lipinski definition) is 3. The van der Waals surface area contributed by atoms with Gasteiger partial charge in [-0.15, -0.1) is 0 Å². The number of allylic oxidation sites excluding steroid dienone is 13. The minimum atomic E-state index is -0.845. The van der Waals surface area contributed by atoms with E-state index in [1.165, 1.54) is 89.9 Å². The van der Waals surface area contributed by atoms with Crippen LogP contribution in [0.4, 0.5) is 0 Å². The summed E-state index contributed by atoms with van der Waals surface area (Å²) in [6, 6.07) is -0.630. The molecule has 0 aliphatic heterocycles. The fourth-order valence-electron chi connectivity index (χ4n) is 5.71. The molecule has 0 rings (SSSR count). The van der Waals surface area contributed by atoms with Crippen LogP contribution in [0.3, 0.4) is 0 Å². The Morgan fingerprint density at radius 2 is 0.880 bits per heavy atom. The van der Waals surface area contributed by atoms with Crippen molar-refractivity contribution < 1.29 is 15.0 Å². The van der Waals surface area contributed by atoms with Gasteiger partial charge in [-0.2, -0.15) is 0 Å². The molecule has 2 unspecified atom stereocenters. The van der Waals surface area contributed by atoms with Crippen LogP contribution >= 0.6 is 0 Å². The largest absolute Gasteiger partial charge is 0.394 e. The van der Waals surface area contributed by atoms with E-state index in [-0.39, 0.29) is 12.5 Å².